The maximum Gasteiger partial charge on any atom is 0.285 e. The van der Waals surface area contributed by atoms with E-state index >= 15 is 0 Å². The topological polar surface area (TPSA) is 43.8 Å². The van der Waals surface area contributed by atoms with Gasteiger partial charge in [0.2, 0.25) is 0 Å². The lowest BCUT2D eigenvalue weighted by Crippen LogP contribution is -2.28. The summed E-state index contributed by atoms with van der Waals surface area (Å²) >= 11 is 1.24. The van der Waals surface area contributed by atoms with Gasteiger partial charge in [-0.25, -0.2) is 0 Å². The van der Waals surface area contributed by atoms with Gasteiger partial charge >= 0.3 is 0 Å². The maximum atomic E-state index is 11.6. The Kier molecular flexibility index (Phi) is 5.46. The highest BCUT2D eigenvalue weighted by molar-refractivity contribution is 8.13. The molecule has 20 heavy (non-hydrogen) atoms. The molecule has 0 heterocycles. The highest BCUT2D eigenvalue weighted by Crippen LogP contribution is 2.28. The average Bonchev–Trinajstić information content (AvgIpc) is 3.24. The summed E-state index contributed by atoms with van der Waals surface area (Å²) in [5.41, 5.74) is 1.23. The molecule has 0 spiro atoms. The number of hydrogen-bond acceptors (Lipinski definition) is 4. The molecule has 1 fully saturated rings. The van der Waals surface area contributed by atoms with Crippen LogP contribution in [0.1, 0.15) is 18.4 Å². The fourth-order valence-corrected chi connectivity index (χ4v) is 2.70. The molecule has 1 aliphatic carbocycles. The van der Waals surface area contributed by atoms with Crippen LogP contribution in [-0.2, 0) is 6.54 Å². The van der Waals surface area contributed by atoms with Crippen LogP contribution in [0.25, 0.3) is 0 Å². The first-order valence-corrected chi connectivity index (χ1v) is 7.75. The molecule has 1 amide bonds. The first-order valence-electron chi connectivity index (χ1n) is 6.93. The predicted molar refractivity (Wildman–Crippen MR) is 81.9 cm³/mol. The van der Waals surface area contributed by atoms with E-state index in [1.807, 2.05) is 12.1 Å². The lowest BCUT2D eigenvalue weighted by atomic mass is 10.2. The molecule has 1 saturated carbocycles. The molecular weight excluding hydrogens is 272 g/mol. The molecule has 1 aromatic carbocycles. The molecule has 1 N–H and O–H groups in total. The Morgan fingerprint density at radius 3 is 2.45 bits per heavy atom. The van der Waals surface area contributed by atoms with Gasteiger partial charge in [-0.1, -0.05) is 12.1 Å². The summed E-state index contributed by atoms with van der Waals surface area (Å²) in [6.07, 6.45) is 2.48. The minimum Gasteiger partial charge on any atom is -0.395 e. The van der Waals surface area contributed by atoms with Crippen LogP contribution in [0.15, 0.2) is 29.2 Å². The fourth-order valence-electron chi connectivity index (χ4n) is 2.05. The third kappa shape index (κ3) is 4.51. The Balaban J connectivity index is 1.91. The summed E-state index contributed by atoms with van der Waals surface area (Å²) in [7, 11) is 3.51. The molecule has 2 rings (SSSR count). The molecule has 0 atom stereocenters. The van der Waals surface area contributed by atoms with E-state index in [4.69, 9.17) is 5.11 Å². The molecule has 0 saturated heterocycles. The Hall–Kier alpha value is -1.04. The highest BCUT2D eigenvalue weighted by atomic mass is 32.2. The SMILES string of the molecule is CN(C)C(=O)Sc1ccc(CN(CCO)C2CC2)cc1. The van der Waals surface area contributed by atoms with Gasteiger partial charge in [-0.3, -0.25) is 9.69 Å². The van der Waals surface area contributed by atoms with Crippen LogP contribution < -0.4 is 0 Å². The summed E-state index contributed by atoms with van der Waals surface area (Å²) in [6, 6.07) is 8.76. The minimum atomic E-state index is 0.0395. The molecule has 0 bridgehead atoms. The number of benzene rings is 1. The van der Waals surface area contributed by atoms with Crippen molar-refractivity contribution >= 4 is 17.0 Å². The van der Waals surface area contributed by atoms with Gasteiger partial charge in [0.1, 0.15) is 0 Å². The summed E-state index contributed by atoms with van der Waals surface area (Å²) in [5, 5.41) is 9.14. The van der Waals surface area contributed by atoms with E-state index in [0.717, 1.165) is 18.0 Å². The van der Waals surface area contributed by atoms with Crippen molar-refractivity contribution in [1.29, 1.82) is 0 Å². The van der Waals surface area contributed by atoms with Gasteiger partial charge in [-0.15, -0.1) is 0 Å². The van der Waals surface area contributed by atoms with Crippen LogP contribution in [0.4, 0.5) is 4.79 Å². The summed E-state index contributed by atoms with van der Waals surface area (Å²) in [4.78, 5) is 16.5. The molecule has 5 heteroatoms. The second kappa shape index (κ2) is 7.11. The van der Waals surface area contributed by atoms with E-state index in [9.17, 15) is 4.79 Å². The van der Waals surface area contributed by atoms with E-state index in [1.165, 1.54) is 30.2 Å². The zero-order valence-electron chi connectivity index (χ0n) is 12.1. The molecule has 0 aromatic heterocycles. The Bertz CT molecular complexity index is 444. The molecule has 110 valence electrons. The second-order valence-corrected chi connectivity index (χ2v) is 6.36. The molecule has 4 nitrogen and oxygen atoms in total. The van der Waals surface area contributed by atoms with Crippen molar-refractivity contribution in [3.63, 3.8) is 0 Å². The Morgan fingerprint density at radius 2 is 1.95 bits per heavy atom. The van der Waals surface area contributed by atoms with E-state index in [0.29, 0.717) is 6.04 Å². The highest BCUT2D eigenvalue weighted by Gasteiger charge is 2.28. The van der Waals surface area contributed by atoms with Crippen molar-refractivity contribution in [1.82, 2.24) is 9.80 Å². The van der Waals surface area contributed by atoms with Crippen LogP contribution >= 0.6 is 11.8 Å². The van der Waals surface area contributed by atoms with E-state index < -0.39 is 0 Å². The lowest BCUT2D eigenvalue weighted by molar-refractivity contribution is 0.183. The first kappa shape index (κ1) is 15.4. The van der Waals surface area contributed by atoms with Crippen LogP contribution in [-0.4, -0.2) is 53.4 Å². The van der Waals surface area contributed by atoms with Crippen LogP contribution in [0, 0.1) is 0 Å². The number of rotatable bonds is 6. The van der Waals surface area contributed by atoms with E-state index in [-0.39, 0.29) is 11.8 Å². The number of nitrogens with zero attached hydrogens (tertiary/aromatic N) is 2. The first-order chi connectivity index (χ1) is 9.60. The number of carbonyl (C=O) groups excluding carboxylic acids is 1. The third-order valence-corrected chi connectivity index (χ3v) is 4.38. The molecular formula is C15H22N2O2S. The zero-order valence-corrected chi connectivity index (χ0v) is 12.9. The van der Waals surface area contributed by atoms with E-state index in [1.54, 1.807) is 19.0 Å². The van der Waals surface area contributed by atoms with Gasteiger partial charge in [0.15, 0.2) is 0 Å². The average molecular weight is 294 g/mol. The van der Waals surface area contributed by atoms with Crippen molar-refractivity contribution < 1.29 is 9.90 Å². The smallest absolute Gasteiger partial charge is 0.285 e. The molecule has 1 aromatic rings. The van der Waals surface area contributed by atoms with Gasteiger partial charge in [-0.2, -0.15) is 0 Å². The lowest BCUT2D eigenvalue weighted by Gasteiger charge is -2.20. The van der Waals surface area contributed by atoms with Crippen LogP contribution in [0.2, 0.25) is 0 Å². The van der Waals surface area contributed by atoms with Gasteiger partial charge < -0.3 is 10.0 Å². The normalized spacial score (nSPS) is 14.6. The molecule has 1 aliphatic rings. The summed E-state index contributed by atoms with van der Waals surface area (Å²) in [5.74, 6) is 0. The van der Waals surface area contributed by atoms with E-state index in [2.05, 4.69) is 17.0 Å². The number of aliphatic hydroxyl groups excluding tert-OH is 1. The Labute approximate surface area is 124 Å². The number of hydrogen-bond donors (Lipinski definition) is 1. The Morgan fingerprint density at radius 1 is 1.30 bits per heavy atom. The number of aliphatic hydroxyl groups is 1. The fraction of sp³-hybridized carbons (Fsp3) is 0.533. The molecule has 0 aliphatic heterocycles. The summed E-state index contributed by atoms with van der Waals surface area (Å²) in [6.45, 7) is 1.82. The number of thioether (sulfide) groups is 1. The zero-order chi connectivity index (χ0) is 14.5. The second-order valence-electron chi connectivity index (χ2n) is 5.33. The quantitative estimate of drug-likeness (QED) is 0.818. The van der Waals surface area contributed by atoms with Crippen LogP contribution in [0.5, 0.6) is 0 Å². The largest absolute Gasteiger partial charge is 0.395 e. The van der Waals surface area contributed by atoms with Gasteiger partial charge in [0, 0.05) is 38.1 Å². The molecule has 0 radical (unpaired) electrons. The van der Waals surface area contributed by atoms with Gasteiger partial charge in [0.05, 0.1) is 6.61 Å². The standard InChI is InChI=1S/C15H22N2O2S/c1-16(2)15(19)20-14-7-3-12(4-8-14)11-17(9-10-18)13-5-6-13/h3-4,7-8,13,18H,5-6,9-11H2,1-2H3. The number of carbonyl (C=O) groups is 1. The third-order valence-electron chi connectivity index (χ3n) is 3.33. The van der Waals surface area contributed by atoms with Crippen molar-refractivity contribution in [2.45, 2.75) is 30.3 Å². The van der Waals surface area contributed by atoms with Crippen molar-refractivity contribution in [2.24, 2.45) is 0 Å². The van der Waals surface area contributed by atoms with Gasteiger partial charge in [-0.05, 0) is 42.3 Å². The van der Waals surface area contributed by atoms with Crippen molar-refractivity contribution in [3.05, 3.63) is 29.8 Å². The summed E-state index contributed by atoms with van der Waals surface area (Å²) < 4.78 is 0. The van der Waals surface area contributed by atoms with Crippen LogP contribution in [0.3, 0.4) is 0 Å². The minimum absolute atomic E-state index is 0.0395. The monoisotopic (exact) mass is 294 g/mol. The maximum absolute atomic E-state index is 11.6. The number of amides is 1. The van der Waals surface area contributed by atoms with Gasteiger partial charge in [0.25, 0.3) is 5.24 Å². The predicted octanol–water partition coefficient (Wildman–Crippen LogP) is 2.42. The van der Waals surface area contributed by atoms with Crippen molar-refractivity contribution in [3.8, 4) is 0 Å². The van der Waals surface area contributed by atoms with Crippen molar-refractivity contribution in [2.75, 3.05) is 27.2 Å². The molecule has 0 unspecified atom stereocenters.